The summed E-state index contributed by atoms with van der Waals surface area (Å²) in [7, 11) is 1.62. The molecule has 0 atom stereocenters. The number of piperazine rings is 1. The van der Waals surface area contributed by atoms with E-state index in [1.54, 1.807) is 13.3 Å². The Kier molecular flexibility index (Phi) is 8.34. The zero-order chi connectivity index (χ0) is 24.6. The zero-order valence-corrected chi connectivity index (χ0v) is 20.6. The molecule has 0 bridgehead atoms. The van der Waals surface area contributed by atoms with Gasteiger partial charge in [-0.25, -0.2) is 0 Å². The number of amides is 2. The Morgan fingerprint density at radius 2 is 1.71 bits per heavy atom. The van der Waals surface area contributed by atoms with Gasteiger partial charge in [-0.3, -0.25) is 19.4 Å². The van der Waals surface area contributed by atoms with Gasteiger partial charge in [0.2, 0.25) is 5.91 Å². The van der Waals surface area contributed by atoms with Gasteiger partial charge in [-0.15, -0.1) is 0 Å². The van der Waals surface area contributed by atoms with E-state index in [-0.39, 0.29) is 11.8 Å². The summed E-state index contributed by atoms with van der Waals surface area (Å²) in [5.74, 6) is 0.845. The SMILES string of the molecule is CNC(=O)c1ccc(CN(CC(=O)N2CCN(Cc3cccc(C)c3)CC2)Cc2ccco2)cc1. The number of hydrogen-bond acceptors (Lipinski definition) is 5. The maximum absolute atomic E-state index is 13.2. The number of benzene rings is 2. The normalized spacial score (nSPS) is 14.3. The van der Waals surface area contributed by atoms with Crippen LogP contribution in [0, 0.1) is 6.92 Å². The number of hydrogen-bond donors (Lipinski definition) is 1. The molecule has 3 aromatic rings. The molecule has 4 rings (SSSR count). The van der Waals surface area contributed by atoms with Crippen molar-refractivity contribution in [1.29, 1.82) is 0 Å². The summed E-state index contributed by atoms with van der Waals surface area (Å²) < 4.78 is 5.55. The monoisotopic (exact) mass is 474 g/mol. The minimum atomic E-state index is -0.110. The smallest absolute Gasteiger partial charge is 0.251 e. The van der Waals surface area contributed by atoms with Gasteiger partial charge in [0, 0.05) is 51.9 Å². The third-order valence-electron chi connectivity index (χ3n) is 6.38. The van der Waals surface area contributed by atoms with E-state index >= 15 is 0 Å². The van der Waals surface area contributed by atoms with E-state index in [4.69, 9.17) is 4.42 Å². The molecule has 2 amide bonds. The summed E-state index contributed by atoms with van der Waals surface area (Å²) in [5.41, 5.74) is 4.25. The standard InChI is InChI=1S/C28H34N4O3/c1-22-5-3-6-24(17-22)19-30-12-14-32(15-13-30)27(33)21-31(20-26-7-4-16-35-26)18-23-8-10-25(11-9-23)28(34)29-2/h3-11,16-17H,12-15,18-21H2,1-2H3,(H,29,34). The second-order valence-corrected chi connectivity index (χ2v) is 9.15. The van der Waals surface area contributed by atoms with Crippen molar-refractivity contribution in [3.8, 4) is 0 Å². The van der Waals surface area contributed by atoms with Gasteiger partial charge in [0.05, 0.1) is 19.4 Å². The van der Waals surface area contributed by atoms with Gasteiger partial charge in [0.1, 0.15) is 5.76 Å². The number of nitrogens with zero attached hydrogens (tertiary/aromatic N) is 3. The fraction of sp³-hybridized carbons (Fsp3) is 0.357. The number of carbonyl (C=O) groups is 2. The molecule has 35 heavy (non-hydrogen) atoms. The highest BCUT2D eigenvalue weighted by Gasteiger charge is 2.23. The lowest BCUT2D eigenvalue weighted by Crippen LogP contribution is -2.50. The minimum absolute atomic E-state index is 0.110. The van der Waals surface area contributed by atoms with Gasteiger partial charge in [0.25, 0.3) is 5.91 Å². The van der Waals surface area contributed by atoms with Crippen LogP contribution in [0.25, 0.3) is 0 Å². The van der Waals surface area contributed by atoms with Crippen molar-refractivity contribution in [1.82, 2.24) is 20.0 Å². The van der Waals surface area contributed by atoms with Gasteiger partial charge < -0.3 is 14.6 Å². The van der Waals surface area contributed by atoms with E-state index in [0.717, 1.165) is 44.0 Å². The van der Waals surface area contributed by atoms with Crippen LogP contribution in [0.1, 0.15) is 32.8 Å². The molecule has 0 saturated carbocycles. The molecule has 0 radical (unpaired) electrons. The van der Waals surface area contributed by atoms with Crippen LogP contribution in [0.2, 0.25) is 0 Å². The number of carbonyl (C=O) groups excluding carboxylic acids is 2. The van der Waals surface area contributed by atoms with Gasteiger partial charge in [0.15, 0.2) is 0 Å². The third-order valence-corrected chi connectivity index (χ3v) is 6.38. The summed E-state index contributed by atoms with van der Waals surface area (Å²) in [5, 5.41) is 2.64. The quantitative estimate of drug-likeness (QED) is 0.516. The van der Waals surface area contributed by atoms with E-state index in [1.807, 2.05) is 41.3 Å². The van der Waals surface area contributed by atoms with E-state index in [0.29, 0.717) is 25.2 Å². The van der Waals surface area contributed by atoms with Crippen molar-refractivity contribution in [2.24, 2.45) is 0 Å². The Morgan fingerprint density at radius 1 is 0.943 bits per heavy atom. The highest BCUT2D eigenvalue weighted by molar-refractivity contribution is 5.93. The second-order valence-electron chi connectivity index (χ2n) is 9.15. The third kappa shape index (κ3) is 7.04. The van der Waals surface area contributed by atoms with Crippen molar-refractivity contribution < 1.29 is 14.0 Å². The van der Waals surface area contributed by atoms with Crippen LogP contribution in [-0.2, 0) is 24.4 Å². The minimum Gasteiger partial charge on any atom is -0.468 e. The molecule has 1 fully saturated rings. The molecular formula is C28H34N4O3. The molecule has 0 unspecified atom stereocenters. The number of furan rings is 1. The molecule has 1 saturated heterocycles. The molecule has 2 aromatic carbocycles. The molecule has 0 aliphatic carbocycles. The van der Waals surface area contributed by atoms with E-state index in [1.165, 1.54) is 11.1 Å². The first-order valence-electron chi connectivity index (χ1n) is 12.1. The first-order chi connectivity index (χ1) is 17.0. The molecule has 184 valence electrons. The van der Waals surface area contributed by atoms with Crippen molar-refractivity contribution in [3.63, 3.8) is 0 Å². The highest BCUT2D eigenvalue weighted by Crippen LogP contribution is 2.14. The number of aryl methyl sites for hydroxylation is 1. The summed E-state index contributed by atoms with van der Waals surface area (Å²) in [6, 6.07) is 19.9. The fourth-order valence-corrected chi connectivity index (χ4v) is 4.47. The highest BCUT2D eigenvalue weighted by atomic mass is 16.3. The lowest BCUT2D eigenvalue weighted by atomic mass is 10.1. The van der Waals surface area contributed by atoms with Crippen molar-refractivity contribution in [3.05, 3.63) is 94.9 Å². The van der Waals surface area contributed by atoms with Crippen molar-refractivity contribution >= 4 is 11.8 Å². The fourth-order valence-electron chi connectivity index (χ4n) is 4.47. The molecule has 7 heteroatoms. The first-order valence-corrected chi connectivity index (χ1v) is 12.1. The largest absolute Gasteiger partial charge is 0.468 e. The molecule has 1 aliphatic heterocycles. The number of nitrogens with one attached hydrogen (secondary N) is 1. The molecule has 1 aromatic heterocycles. The van der Waals surface area contributed by atoms with Crippen molar-refractivity contribution in [2.75, 3.05) is 39.8 Å². The topological polar surface area (TPSA) is 69.0 Å². The van der Waals surface area contributed by atoms with Crippen LogP contribution in [0.15, 0.2) is 71.3 Å². The summed E-state index contributed by atoms with van der Waals surface area (Å²) in [6.07, 6.45) is 1.65. The van der Waals surface area contributed by atoms with E-state index in [2.05, 4.69) is 46.3 Å². The molecular weight excluding hydrogens is 440 g/mol. The van der Waals surface area contributed by atoms with Crippen LogP contribution >= 0.6 is 0 Å². The second kappa shape index (κ2) is 11.8. The van der Waals surface area contributed by atoms with Crippen LogP contribution in [0.5, 0.6) is 0 Å². The molecule has 0 spiro atoms. The summed E-state index contributed by atoms with van der Waals surface area (Å²) in [4.78, 5) is 31.5. The van der Waals surface area contributed by atoms with E-state index < -0.39 is 0 Å². The maximum atomic E-state index is 13.2. The summed E-state index contributed by atoms with van der Waals surface area (Å²) >= 11 is 0. The zero-order valence-electron chi connectivity index (χ0n) is 20.6. The van der Waals surface area contributed by atoms with Gasteiger partial charge in [-0.05, 0) is 42.3 Å². The number of rotatable bonds is 9. The Balaban J connectivity index is 1.34. The van der Waals surface area contributed by atoms with Crippen LogP contribution in [0.3, 0.4) is 0 Å². The van der Waals surface area contributed by atoms with Gasteiger partial charge >= 0.3 is 0 Å². The lowest BCUT2D eigenvalue weighted by molar-refractivity contribution is -0.134. The van der Waals surface area contributed by atoms with Crippen molar-refractivity contribution in [2.45, 2.75) is 26.6 Å². The molecule has 1 aliphatic rings. The average molecular weight is 475 g/mol. The van der Waals surface area contributed by atoms with Gasteiger partial charge in [-0.1, -0.05) is 42.0 Å². The van der Waals surface area contributed by atoms with Crippen LogP contribution < -0.4 is 5.32 Å². The van der Waals surface area contributed by atoms with E-state index in [9.17, 15) is 9.59 Å². The lowest BCUT2D eigenvalue weighted by Gasteiger charge is -2.36. The Bertz CT molecular complexity index is 1100. The predicted molar refractivity (Wildman–Crippen MR) is 136 cm³/mol. The summed E-state index contributed by atoms with van der Waals surface area (Å²) in [6.45, 7) is 7.70. The Morgan fingerprint density at radius 3 is 2.37 bits per heavy atom. The van der Waals surface area contributed by atoms with Gasteiger partial charge in [-0.2, -0.15) is 0 Å². The Hall–Kier alpha value is -3.42. The van der Waals surface area contributed by atoms with Crippen LogP contribution in [0.4, 0.5) is 0 Å². The first kappa shape index (κ1) is 24.7. The van der Waals surface area contributed by atoms with Crippen LogP contribution in [-0.4, -0.2) is 66.3 Å². The maximum Gasteiger partial charge on any atom is 0.251 e. The Labute approximate surface area is 207 Å². The molecule has 2 heterocycles. The molecule has 1 N–H and O–H groups in total. The molecule has 7 nitrogen and oxygen atoms in total. The average Bonchev–Trinajstić information content (AvgIpc) is 3.37. The predicted octanol–water partition coefficient (Wildman–Crippen LogP) is 3.29.